The van der Waals surface area contributed by atoms with Gasteiger partial charge in [-0.1, -0.05) is 30.3 Å². The minimum Gasteiger partial charge on any atom is -0.378 e. The standard InChI is InChI=1S/C23H24N4O2/c1-26(19-7-3-2-4-8-19)23(28)18-11-12-22(24-17-18)25-20-9-5-6-10-21(20)27-13-15-29-16-14-27/h2-12,17H,13-16H2,1H3,(H,24,25). The van der Waals surface area contributed by atoms with Crippen LogP contribution in [0, 0.1) is 0 Å². The Kier molecular flexibility index (Phi) is 5.72. The minimum absolute atomic E-state index is 0.0935. The zero-order chi connectivity index (χ0) is 20.1. The largest absolute Gasteiger partial charge is 0.378 e. The first-order valence-electron chi connectivity index (χ1n) is 9.70. The lowest BCUT2D eigenvalue weighted by molar-refractivity contribution is 0.0992. The van der Waals surface area contributed by atoms with E-state index in [0.29, 0.717) is 11.4 Å². The summed E-state index contributed by atoms with van der Waals surface area (Å²) in [6.45, 7) is 3.20. The van der Waals surface area contributed by atoms with Gasteiger partial charge >= 0.3 is 0 Å². The zero-order valence-electron chi connectivity index (χ0n) is 16.4. The molecule has 1 saturated heterocycles. The van der Waals surface area contributed by atoms with Crippen LogP contribution in [0.25, 0.3) is 0 Å². The van der Waals surface area contributed by atoms with Crippen molar-refractivity contribution in [3.8, 4) is 0 Å². The highest BCUT2D eigenvalue weighted by atomic mass is 16.5. The third kappa shape index (κ3) is 4.38. The second-order valence-corrected chi connectivity index (χ2v) is 6.87. The lowest BCUT2D eigenvalue weighted by Gasteiger charge is -2.30. The number of aromatic nitrogens is 1. The molecule has 4 rings (SSSR count). The van der Waals surface area contributed by atoms with E-state index in [9.17, 15) is 4.79 Å². The fourth-order valence-corrected chi connectivity index (χ4v) is 3.35. The minimum atomic E-state index is -0.0935. The second kappa shape index (κ2) is 8.75. The molecule has 6 heteroatoms. The summed E-state index contributed by atoms with van der Waals surface area (Å²) >= 11 is 0. The first-order valence-corrected chi connectivity index (χ1v) is 9.70. The van der Waals surface area contributed by atoms with Crippen LogP contribution in [0.5, 0.6) is 0 Å². The van der Waals surface area contributed by atoms with Crippen molar-refractivity contribution in [2.75, 3.05) is 48.5 Å². The van der Waals surface area contributed by atoms with E-state index in [1.807, 2.05) is 54.6 Å². The predicted molar refractivity (Wildman–Crippen MR) is 116 cm³/mol. The lowest BCUT2D eigenvalue weighted by atomic mass is 10.2. The number of para-hydroxylation sites is 3. The van der Waals surface area contributed by atoms with Crippen molar-refractivity contribution in [1.29, 1.82) is 0 Å². The molecule has 1 aromatic heterocycles. The molecule has 6 nitrogen and oxygen atoms in total. The topological polar surface area (TPSA) is 57.7 Å². The highest BCUT2D eigenvalue weighted by Gasteiger charge is 2.16. The molecule has 0 radical (unpaired) electrons. The van der Waals surface area contributed by atoms with Gasteiger partial charge in [-0.3, -0.25) is 4.79 Å². The highest BCUT2D eigenvalue weighted by Crippen LogP contribution is 2.28. The van der Waals surface area contributed by atoms with Crippen molar-refractivity contribution < 1.29 is 9.53 Å². The molecule has 0 saturated carbocycles. The molecule has 0 bridgehead atoms. The van der Waals surface area contributed by atoms with E-state index >= 15 is 0 Å². The van der Waals surface area contributed by atoms with Crippen LogP contribution in [0.2, 0.25) is 0 Å². The summed E-state index contributed by atoms with van der Waals surface area (Å²) in [7, 11) is 1.77. The molecule has 0 atom stereocenters. The number of rotatable bonds is 5. The van der Waals surface area contributed by atoms with Crippen LogP contribution < -0.4 is 15.1 Å². The van der Waals surface area contributed by atoms with Crippen LogP contribution in [-0.2, 0) is 4.74 Å². The number of carbonyl (C=O) groups is 1. The number of amides is 1. The zero-order valence-corrected chi connectivity index (χ0v) is 16.4. The number of morpholine rings is 1. The van der Waals surface area contributed by atoms with Crippen LogP contribution >= 0.6 is 0 Å². The van der Waals surface area contributed by atoms with E-state index in [-0.39, 0.29) is 5.91 Å². The van der Waals surface area contributed by atoms with Gasteiger partial charge in [0.1, 0.15) is 5.82 Å². The van der Waals surface area contributed by atoms with E-state index in [0.717, 1.165) is 43.4 Å². The van der Waals surface area contributed by atoms with E-state index in [1.165, 1.54) is 0 Å². The van der Waals surface area contributed by atoms with Crippen LogP contribution in [0.1, 0.15) is 10.4 Å². The fourth-order valence-electron chi connectivity index (χ4n) is 3.35. The number of carbonyl (C=O) groups excluding carboxylic acids is 1. The Balaban J connectivity index is 1.48. The first-order chi connectivity index (χ1) is 14.2. The molecule has 0 spiro atoms. The van der Waals surface area contributed by atoms with Gasteiger partial charge in [-0.05, 0) is 36.4 Å². The Morgan fingerprint density at radius 1 is 1.00 bits per heavy atom. The number of benzene rings is 2. The summed E-state index contributed by atoms with van der Waals surface area (Å²) in [5.74, 6) is 0.605. The summed E-state index contributed by atoms with van der Waals surface area (Å²) in [6, 6.07) is 21.4. The molecule has 1 amide bonds. The van der Waals surface area contributed by atoms with Gasteiger partial charge in [-0.25, -0.2) is 4.98 Å². The second-order valence-electron chi connectivity index (χ2n) is 6.87. The normalized spacial score (nSPS) is 13.8. The Bertz CT molecular complexity index is 954. The molecule has 1 aliphatic rings. The number of pyridine rings is 1. The molecule has 29 heavy (non-hydrogen) atoms. The molecule has 1 N–H and O–H groups in total. The van der Waals surface area contributed by atoms with Crippen molar-refractivity contribution in [2.24, 2.45) is 0 Å². The Labute approximate surface area is 170 Å². The Hall–Kier alpha value is -3.38. The number of anilines is 4. The van der Waals surface area contributed by atoms with Gasteiger partial charge in [0.05, 0.1) is 30.2 Å². The van der Waals surface area contributed by atoms with E-state index < -0.39 is 0 Å². The number of ether oxygens (including phenoxy) is 1. The Morgan fingerprint density at radius 2 is 1.72 bits per heavy atom. The van der Waals surface area contributed by atoms with Gasteiger partial charge in [-0.15, -0.1) is 0 Å². The van der Waals surface area contributed by atoms with E-state index in [4.69, 9.17) is 4.74 Å². The summed E-state index contributed by atoms with van der Waals surface area (Å²) in [6.07, 6.45) is 1.61. The number of hydrogen-bond donors (Lipinski definition) is 1. The van der Waals surface area contributed by atoms with Crippen LogP contribution in [-0.4, -0.2) is 44.2 Å². The molecule has 0 unspecified atom stereocenters. The molecule has 1 aliphatic heterocycles. The average Bonchev–Trinajstić information content (AvgIpc) is 2.80. The summed E-state index contributed by atoms with van der Waals surface area (Å²) in [4.78, 5) is 21.1. The van der Waals surface area contributed by atoms with Crippen molar-refractivity contribution >= 4 is 28.8 Å². The molecule has 3 aromatic rings. The predicted octanol–water partition coefficient (Wildman–Crippen LogP) is 3.94. The molecular formula is C23H24N4O2. The third-order valence-electron chi connectivity index (χ3n) is 4.98. The van der Waals surface area contributed by atoms with Crippen LogP contribution in [0.4, 0.5) is 22.9 Å². The molecule has 148 valence electrons. The maximum atomic E-state index is 12.7. The highest BCUT2D eigenvalue weighted by molar-refractivity contribution is 6.05. The van der Waals surface area contributed by atoms with Crippen LogP contribution in [0.3, 0.4) is 0 Å². The van der Waals surface area contributed by atoms with Crippen molar-refractivity contribution in [2.45, 2.75) is 0 Å². The summed E-state index contributed by atoms with van der Waals surface area (Å²) < 4.78 is 5.46. The monoisotopic (exact) mass is 388 g/mol. The SMILES string of the molecule is CN(C(=O)c1ccc(Nc2ccccc2N2CCOCC2)nc1)c1ccccc1. The smallest absolute Gasteiger partial charge is 0.259 e. The number of nitrogens with zero attached hydrogens (tertiary/aromatic N) is 3. The van der Waals surface area contributed by atoms with Crippen molar-refractivity contribution in [3.05, 3.63) is 78.5 Å². The molecular weight excluding hydrogens is 364 g/mol. The first kappa shape index (κ1) is 19.0. The van der Waals surface area contributed by atoms with Gasteiger partial charge in [0, 0.05) is 32.0 Å². The van der Waals surface area contributed by atoms with E-state index in [1.54, 1.807) is 24.2 Å². The Morgan fingerprint density at radius 3 is 2.45 bits per heavy atom. The van der Waals surface area contributed by atoms with Crippen molar-refractivity contribution in [1.82, 2.24) is 4.98 Å². The van der Waals surface area contributed by atoms with Gasteiger partial charge in [0.25, 0.3) is 5.91 Å². The average molecular weight is 388 g/mol. The van der Waals surface area contributed by atoms with Crippen molar-refractivity contribution in [3.63, 3.8) is 0 Å². The van der Waals surface area contributed by atoms with Gasteiger partial charge in [-0.2, -0.15) is 0 Å². The van der Waals surface area contributed by atoms with E-state index in [2.05, 4.69) is 21.3 Å². The molecule has 1 fully saturated rings. The molecule has 2 aromatic carbocycles. The number of nitrogens with one attached hydrogen (secondary N) is 1. The van der Waals surface area contributed by atoms with Gasteiger partial charge in [0.2, 0.25) is 0 Å². The quantitative estimate of drug-likeness (QED) is 0.718. The van der Waals surface area contributed by atoms with Gasteiger partial charge < -0.3 is 19.9 Å². The number of hydrogen-bond acceptors (Lipinski definition) is 5. The maximum Gasteiger partial charge on any atom is 0.259 e. The summed E-state index contributed by atoms with van der Waals surface area (Å²) in [5, 5.41) is 3.38. The lowest BCUT2D eigenvalue weighted by Crippen LogP contribution is -2.36. The molecule has 2 heterocycles. The van der Waals surface area contributed by atoms with Crippen LogP contribution in [0.15, 0.2) is 72.9 Å². The maximum absolute atomic E-state index is 12.7. The molecule has 0 aliphatic carbocycles. The fraction of sp³-hybridized carbons (Fsp3) is 0.217. The van der Waals surface area contributed by atoms with Gasteiger partial charge in [0.15, 0.2) is 0 Å². The third-order valence-corrected chi connectivity index (χ3v) is 4.98. The summed E-state index contributed by atoms with van der Waals surface area (Å²) in [5.41, 5.74) is 3.51.